The van der Waals surface area contributed by atoms with Gasteiger partial charge < -0.3 is 5.32 Å². The molecule has 13 heavy (non-hydrogen) atoms. The highest BCUT2D eigenvalue weighted by atomic mass is 127. The van der Waals surface area contributed by atoms with Crippen LogP contribution in [0.1, 0.15) is 26.2 Å². The van der Waals surface area contributed by atoms with Crippen LogP contribution >= 0.6 is 22.9 Å². The Morgan fingerprint density at radius 1 is 1.54 bits per heavy atom. The average molecular weight is 296 g/mol. The van der Waals surface area contributed by atoms with E-state index >= 15 is 0 Å². The summed E-state index contributed by atoms with van der Waals surface area (Å²) in [6, 6.07) is 0. The van der Waals surface area contributed by atoms with E-state index in [1.54, 1.807) is 0 Å². The highest BCUT2D eigenvalue weighted by molar-refractivity contribution is 14.1. The van der Waals surface area contributed by atoms with E-state index in [2.05, 4.69) is 31.3 Å². The minimum Gasteiger partial charge on any atom is -0.356 e. The van der Waals surface area contributed by atoms with Crippen molar-refractivity contribution in [3.63, 3.8) is 0 Å². The van der Waals surface area contributed by atoms with Gasteiger partial charge in [0.1, 0.15) is 0 Å². The summed E-state index contributed by atoms with van der Waals surface area (Å²) in [6.45, 7) is 5.08. The molecule has 3 nitrogen and oxygen atoms in total. The fourth-order valence-electron chi connectivity index (χ4n) is 1.49. The van der Waals surface area contributed by atoms with Crippen molar-refractivity contribution in [2.24, 2.45) is 5.92 Å². The first-order valence-electron chi connectivity index (χ1n) is 4.89. The Morgan fingerprint density at radius 2 is 2.15 bits per heavy atom. The molecule has 0 spiro atoms. The van der Waals surface area contributed by atoms with Crippen molar-refractivity contribution < 1.29 is 4.79 Å². The molecule has 76 valence electrons. The van der Waals surface area contributed by atoms with Gasteiger partial charge in [0.05, 0.1) is 0 Å². The number of rotatable bonds is 3. The first kappa shape index (κ1) is 11.2. The number of hydrogen-bond donors (Lipinski definition) is 1. The SMILES string of the molecule is CCC(=O)NCC1CCN(I)CC1. The molecule has 1 fully saturated rings. The number of carbonyl (C=O) groups is 1. The smallest absolute Gasteiger partial charge is 0.219 e. The summed E-state index contributed by atoms with van der Waals surface area (Å²) in [6.07, 6.45) is 3.03. The predicted molar refractivity (Wildman–Crippen MR) is 61.6 cm³/mol. The van der Waals surface area contributed by atoms with Crippen molar-refractivity contribution in [1.82, 2.24) is 8.43 Å². The molecule has 0 saturated carbocycles. The average Bonchev–Trinajstić information content (AvgIpc) is 2.16. The second-order valence-corrected chi connectivity index (χ2v) is 4.88. The van der Waals surface area contributed by atoms with Gasteiger partial charge in [-0.25, -0.2) is 3.11 Å². The summed E-state index contributed by atoms with van der Waals surface area (Å²) in [5, 5.41) is 2.96. The van der Waals surface area contributed by atoms with Gasteiger partial charge in [0.25, 0.3) is 0 Å². The summed E-state index contributed by atoms with van der Waals surface area (Å²) in [5.74, 6) is 0.874. The fourth-order valence-corrected chi connectivity index (χ4v) is 2.05. The maximum Gasteiger partial charge on any atom is 0.219 e. The molecule has 0 radical (unpaired) electrons. The summed E-state index contributed by atoms with van der Waals surface area (Å²) in [5.41, 5.74) is 0. The van der Waals surface area contributed by atoms with Crippen LogP contribution in [-0.2, 0) is 4.79 Å². The van der Waals surface area contributed by atoms with Gasteiger partial charge in [-0.3, -0.25) is 4.79 Å². The van der Waals surface area contributed by atoms with E-state index in [1.807, 2.05) is 6.92 Å². The quantitative estimate of drug-likeness (QED) is 0.633. The van der Waals surface area contributed by atoms with Crippen LogP contribution < -0.4 is 5.32 Å². The first-order valence-corrected chi connectivity index (χ1v) is 5.86. The molecule has 0 aromatic heterocycles. The highest BCUT2D eigenvalue weighted by Crippen LogP contribution is 2.18. The number of carbonyl (C=O) groups excluding carboxylic acids is 1. The minimum absolute atomic E-state index is 0.178. The molecule has 0 bridgehead atoms. The van der Waals surface area contributed by atoms with Crippen molar-refractivity contribution in [2.75, 3.05) is 19.6 Å². The lowest BCUT2D eigenvalue weighted by Crippen LogP contribution is -2.34. The molecule has 0 atom stereocenters. The van der Waals surface area contributed by atoms with E-state index < -0.39 is 0 Å². The fraction of sp³-hybridized carbons (Fsp3) is 0.889. The van der Waals surface area contributed by atoms with Crippen LogP contribution in [0.5, 0.6) is 0 Å². The minimum atomic E-state index is 0.178. The second kappa shape index (κ2) is 5.80. The predicted octanol–water partition coefficient (Wildman–Crippen LogP) is 1.57. The maximum atomic E-state index is 11.0. The Balaban J connectivity index is 2.12. The van der Waals surface area contributed by atoms with Crippen molar-refractivity contribution in [3.8, 4) is 0 Å². The van der Waals surface area contributed by atoms with E-state index in [9.17, 15) is 4.79 Å². The van der Waals surface area contributed by atoms with E-state index in [0.717, 1.165) is 19.6 Å². The van der Waals surface area contributed by atoms with Crippen LogP contribution in [0.3, 0.4) is 0 Å². The van der Waals surface area contributed by atoms with E-state index in [1.165, 1.54) is 12.8 Å². The molecule has 1 heterocycles. The molecular formula is C9H17IN2O. The molecule has 1 rings (SSSR count). The second-order valence-electron chi connectivity index (χ2n) is 3.51. The molecule has 1 amide bonds. The van der Waals surface area contributed by atoms with Gasteiger partial charge in [-0.1, -0.05) is 6.92 Å². The number of nitrogens with one attached hydrogen (secondary N) is 1. The van der Waals surface area contributed by atoms with Gasteiger partial charge in [-0.05, 0) is 18.8 Å². The van der Waals surface area contributed by atoms with Gasteiger partial charge in [0, 0.05) is 48.9 Å². The molecule has 0 aromatic carbocycles. The standard InChI is InChI=1S/C9H17IN2O/c1-2-9(13)11-7-8-3-5-12(10)6-4-8/h8H,2-7H2,1H3,(H,11,13). The molecule has 0 aromatic rings. The molecule has 1 aliphatic heterocycles. The Morgan fingerprint density at radius 3 is 2.69 bits per heavy atom. The molecule has 1 N–H and O–H groups in total. The van der Waals surface area contributed by atoms with Crippen LogP contribution in [0.25, 0.3) is 0 Å². The van der Waals surface area contributed by atoms with E-state index in [-0.39, 0.29) is 5.91 Å². The monoisotopic (exact) mass is 296 g/mol. The van der Waals surface area contributed by atoms with E-state index in [4.69, 9.17) is 0 Å². The summed E-state index contributed by atoms with van der Waals surface area (Å²) < 4.78 is 2.32. The molecule has 0 unspecified atom stereocenters. The Kier molecular flexibility index (Phi) is 5.01. The van der Waals surface area contributed by atoms with Crippen molar-refractivity contribution in [3.05, 3.63) is 0 Å². The van der Waals surface area contributed by atoms with Crippen molar-refractivity contribution in [2.45, 2.75) is 26.2 Å². The third-order valence-electron chi connectivity index (χ3n) is 2.47. The Hall–Kier alpha value is 0.160. The topological polar surface area (TPSA) is 32.3 Å². The zero-order valence-electron chi connectivity index (χ0n) is 8.05. The van der Waals surface area contributed by atoms with Crippen LogP contribution in [0.2, 0.25) is 0 Å². The van der Waals surface area contributed by atoms with Crippen LogP contribution in [0, 0.1) is 5.92 Å². The number of amides is 1. The lowest BCUT2D eigenvalue weighted by atomic mass is 9.98. The zero-order chi connectivity index (χ0) is 9.68. The lowest BCUT2D eigenvalue weighted by molar-refractivity contribution is -0.121. The van der Waals surface area contributed by atoms with Crippen molar-refractivity contribution >= 4 is 28.8 Å². The summed E-state index contributed by atoms with van der Waals surface area (Å²) in [4.78, 5) is 11.0. The molecular weight excluding hydrogens is 279 g/mol. The molecule has 1 saturated heterocycles. The highest BCUT2D eigenvalue weighted by Gasteiger charge is 2.17. The lowest BCUT2D eigenvalue weighted by Gasteiger charge is -2.27. The maximum absolute atomic E-state index is 11.0. The Labute approximate surface area is 93.7 Å². The Bertz CT molecular complexity index is 167. The number of piperidine rings is 1. The van der Waals surface area contributed by atoms with Gasteiger partial charge in [-0.2, -0.15) is 0 Å². The van der Waals surface area contributed by atoms with Gasteiger partial charge in [0.15, 0.2) is 0 Å². The van der Waals surface area contributed by atoms with Crippen LogP contribution in [0.15, 0.2) is 0 Å². The summed E-state index contributed by atoms with van der Waals surface area (Å²) in [7, 11) is 0. The van der Waals surface area contributed by atoms with E-state index in [0.29, 0.717) is 12.3 Å². The van der Waals surface area contributed by atoms with Crippen LogP contribution in [-0.4, -0.2) is 28.7 Å². The number of halogens is 1. The van der Waals surface area contributed by atoms with Gasteiger partial charge in [0.2, 0.25) is 5.91 Å². The largest absolute Gasteiger partial charge is 0.356 e. The van der Waals surface area contributed by atoms with Crippen LogP contribution in [0.4, 0.5) is 0 Å². The zero-order valence-corrected chi connectivity index (χ0v) is 10.2. The molecule has 4 heteroatoms. The molecule has 1 aliphatic rings. The number of nitrogens with zero attached hydrogens (tertiary/aromatic N) is 1. The summed E-state index contributed by atoms with van der Waals surface area (Å²) >= 11 is 2.36. The van der Waals surface area contributed by atoms with Crippen molar-refractivity contribution in [1.29, 1.82) is 0 Å². The third kappa shape index (κ3) is 4.26. The first-order chi connectivity index (χ1) is 6.22. The number of hydrogen-bond acceptors (Lipinski definition) is 2. The molecule has 0 aliphatic carbocycles. The third-order valence-corrected chi connectivity index (χ3v) is 3.43. The normalized spacial score (nSPS) is 20.2. The van der Waals surface area contributed by atoms with Gasteiger partial charge >= 0.3 is 0 Å². The van der Waals surface area contributed by atoms with Gasteiger partial charge in [-0.15, -0.1) is 0 Å².